The van der Waals surface area contributed by atoms with E-state index in [9.17, 15) is 14.9 Å². The molecule has 1 aromatic carbocycles. The summed E-state index contributed by atoms with van der Waals surface area (Å²) in [7, 11) is 3.19. The van der Waals surface area contributed by atoms with Crippen molar-refractivity contribution < 1.29 is 9.72 Å². The van der Waals surface area contributed by atoms with Crippen molar-refractivity contribution in [1.29, 1.82) is 0 Å². The van der Waals surface area contributed by atoms with Crippen molar-refractivity contribution in [2.45, 2.75) is 6.54 Å². The number of nitrogens with zero attached hydrogens (tertiary/aromatic N) is 4. The van der Waals surface area contributed by atoms with E-state index >= 15 is 0 Å². The van der Waals surface area contributed by atoms with Gasteiger partial charge >= 0.3 is 0 Å². The Labute approximate surface area is 127 Å². The van der Waals surface area contributed by atoms with E-state index in [0.29, 0.717) is 17.9 Å². The smallest absolute Gasteiger partial charge is 0.293 e. The van der Waals surface area contributed by atoms with Gasteiger partial charge in [0.2, 0.25) is 0 Å². The molecule has 1 aromatic heterocycles. The van der Waals surface area contributed by atoms with Gasteiger partial charge in [-0.15, -0.1) is 0 Å². The second-order valence-corrected chi connectivity index (χ2v) is 4.59. The Kier molecular flexibility index (Phi) is 4.62. The summed E-state index contributed by atoms with van der Waals surface area (Å²) in [5.41, 5.74) is 1.20. The van der Waals surface area contributed by atoms with Gasteiger partial charge in [-0.3, -0.25) is 24.9 Å². The molecule has 2 aromatic rings. The van der Waals surface area contributed by atoms with Gasteiger partial charge in [-0.25, -0.2) is 0 Å². The number of benzene rings is 1. The lowest BCUT2D eigenvalue weighted by molar-refractivity contribution is -0.384. The molecule has 0 radical (unpaired) electrons. The number of carbonyl (C=O) groups excluding carboxylic acids is 1. The Hall–Kier alpha value is -3.03. The van der Waals surface area contributed by atoms with Crippen LogP contribution < -0.4 is 10.2 Å². The number of carbonyl (C=O) groups is 1. The highest BCUT2D eigenvalue weighted by Gasteiger charge is 2.20. The van der Waals surface area contributed by atoms with Crippen LogP contribution in [0, 0.1) is 10.1 Å². The van der Waals surface area contributed by atoms with Crippen molar-refractivity contribution in [3.63, 3.8) is 0 Å². The number of aromatic nitrogens is 2. The highest BCUT2D eigenvalue weighted by Crippen LogP contribution is 2.29. The summed E-state index contributed by atoms with van der Waals surface area (Å²) in [5, 5.41) is 13.7. The molecule has 0 bridgehead atoms. The highest BCUT2D eigenvalue weighted by atomic mass is 16.6. The number of rotatable bonds is 5. The molecule has 0 unspecified atom stereocenters. The summed E-state index contributed by atoms with van der Waals surface area (Å²) in [6.45, 7) is 0.369. The van der Waals surface area contributed by atoms with Crippen LogP contribution in [0.25, 0.3) is 0 Å². The predicted octanol–water partition coefficient (Wildman–Crippen LogP) is 1.38. The summed E-state index contributed by atoms with van der Waals surface area (Å²) in [5.74, 6) is -0.369. The molecule has 1 N–H and O–H groups in total. The lowest BCUT2D eigenvalue weighted by atomic mass is 10.1. The Morgan fingerprint density at radius 3 is 2.77 bits per heavy atom. The van der Waals surface area contributed by atoms with E-state index in [-0.39, 0.29) is 17.2 Å². The molecular formula is C14H15N5O3. The SMILES string of the molecule is CNC(=O)c1ccc(N(C)Cc2cnccn2)c([N+](=O)[O-])c1. The summed E-state index contributed by atoms with van der Waals surface area (Å²) >= 11 is 0. The molecule has 22 heavy (non-hydrogen) atoms. The molecule has 0 aliphatic rings. The minimum Gasteiger partial charge on any atom is -0.363 e. The molecule has 0 saturated heterocycles. The number of nitro groups is 1. The minimum atomic E-state index is -0.505. The number of nitro benzene ring substituents is 1. The number of amides is 1. The van der Waals surface area contributed by atoms with Crippen LogP contribution in [0.1, 0.15) is 16.1 Å². The monoisotopic (exact) mass is 301 g/mol. The van der Waals surface area contributed by atoms with E-state index in [2.05, 4.69) is 15.3 Å². The van der Waals surface area contributed by atoms with E-state index in [1.54, 1.807) is 42.7 Å². The summed E-state index contributed by atoms with van der Waals surface area (Å²) in [6, 6.07) is 4.37. The molecule has 0 saturated carbocycles. The van der Waals surface area contributed by atoms with E-state index in [0.717, 1.165) is 0 Å². The molecule has 0 spiro atoms. The molecule has 114 valence electrons. The fourth-order valence-electron chi connectivity index (χ4n) is 2.02. The second-order valence-electron chi connectivity index (χ2n) is 4.59. The van der Waals surface area contributed by atoms with Crippen molar-refractivity contribution in [3.8, 4) is 0 Å². The van der Waals surface area contributed by atoms with Gasteiger partial charge in [0.15, 0.2) is 0 Å². The summed E-state index contributed by atoms with van der Waals surface area (Å²) in [6.07, 6.45) is 4.72. The molecule has 1 amide bonds. The molecule has 8 heteroatoms. The fraction of sp³-hybridized carbons (Fsp3) is 0.214. The van der Waals surface area contributed by atoms with Crippen molar-refractivity contribution in [2.75, 3.05) is 19.0 Å². The molecular weight excluding hydrogens is 286 g/mol. The van der Waals surface area contributed by atoms with Gasteiger partial charge in [-0.1, -0.05) is 0 Å². The first-order valence-corrected chi connectivity index (χ1v) is 6.49. The predicted molar refractivity (Wildman–Crippen MR) is 80.6 cm³/mol. The van der Waals surface area contributed by atoms with Crippen LogP contribution in [0.5, 0.6) is 0 Å². The van der Waals surface area contributed by atoms with Crippen LogP contribution in [0.3, 0.4) is 0 Å². The maximum absolute atomic E-state index is 11.6. The van der Waals surface area contributed by atoms with E-state index < -0.39 is 4.92 Å². The largest absolute Gasteiger partial charge is 0.363 e. The van der Waals surface area contributed by atoms with Crippen LogP contribution in [0.4, 0.5) is 11.4 Å². The van der Waals surface area contributed by atoms with Crippen LogP contribution in [0.2, 0.25) is 0 Å². The van der Waals surface area contributed by atoms with Crippen LogP contribution >= 0.6 is 0 Å². The summed E-state index contributed by atoms with van der Waals surface area (Å²) < 4.78 is 0. The van der Waals surface area contributed by atoms with Gasteiger partial charge in [0.05, 0.1) is 23.4 Å². The van der Waals surface area contributed by atoms with Gasteiger partial charge in [-0.2, -0.15) is 0 Å². The van der Waals surface area contributed by atoms with Gasteiger partial charge in [0.1, 0.15) is 5.69 Å². The third kappa shape index (κ3) is 3.35. The molecule has 0 atom stereocenters. The molecule has 0 aliphatic heterocycles. The first-order chi connectivity index (χ1) is 10.5. The van der Waals surface area contributed by atoms with Gasteiger partial charge in [-0.05, 0) is 12.1 Å². The average molecular weight is 301 g/mol. The van der Waals surface area contributed by atoms with Crippen LogP contribution in [-0.2, 0) is 6.54 Å². The van der Waals surface area contributed by atoms with Crippen molar-refractivity contribution >= 4 is 17.3 Å². The zero-order valence-corrected chi connectivity index (χ0v) is 12.2. The van der Waals surface area contributed by atoms with Crippen molar-refractivity contribution in [3.05, 3.63) is 58.2 Å². The lowest BCUT2D eigenvalue weighted by Gasteiger charge is -2.18. The standard InChI is InChI=1S/C14H15N5O3/c1-15-14(20)10-3-4-12(13(7-10)19(21)22)18(2)9-11-8-16-5-6-17-11/h3-8H,9H2,1-2H3,(H,15,20). The second kappa shape index (κ2) is 6.61. The number of hydrogen-bond acceptors (Lipinski definition) is 6. The first-order valence-electron chi connectivity index (χ1n) is 6.49. The van der Waals surface area contributed by atoms with Crippen LogP contribution in [-0.4, -0.2) is 34.9 Å². The van der Waals surface area contributed by atoms with Crippen LogP contribution in [0.15, 0.2) is 36.8 Å². The van der Waals surface area contributed by atoms with E-state index in [1.807, 2.05) is 0 Å². The number of nitrogens with one attached hydrogen (secondary N) is 1. The third-order valence-electron chi connectivity index (χ3n) is 3.09. The summed E-state index contributed by atoms with van der Waals surface area (Å²) in [4.78, 5) is 32.1. The quantitative estimate of drug-likeness (QED) is 0.661. The highest BCUT2D eigenvalue weighted by molar-refractivity contribution is 5.95. The fourth-order valence-corrected chi connectivity index (χ4v) is 2.02. The average Bonchev–Trinajstić information content (AvgIpc) is 2.54. The minimum absolute atomic E-state index is 0.132. The van der Waals surface area contributed by atoms with Gasteiger partial charge in [0.25, 0.3) is 11.6 Å². The van der Waals surface area contributed by atoms with Gasteiger partial charge in [0, 0.05) is 38.1 Å². The number of anilines is 1. The lowest BCUT2D eigenvalue weighted by Crippen LogP contribution is -2.20. The topological polar surface area (TPSA) is 101 Å². The molecule has 0 aliphatic carbocycles. The molecule has 8 nitrogen and oxygen atoms in total. The van der Waals surface area contributed by atoms with Crippen molar-refractivity contribution in [1.82, 2.24) is 15.3 Å². The zero-order chi connectivity index (χ0) is 16.1. The maximum Gasteiger partial charge on any atom is 0.293 e. The Balaban J connectivity index is 2.33. The van der Waals surface area contributed by atoms with Crippen molar-refractivity contribution in [2.24, 2.45) is 0 Å². The van der Waals surface area contributed by atoms with E-state index in [4.69, 9.17) is 0 Å². The third-order valence-corrected chi connectivity index (χ3v) is 3.09. The maximum atomic E-state index is 11.6. The first kappa shape index (κ1) is 15.4. The Morgan fingerprint density at radius 2 is 2.18 bits per heavy atom. The molecule has 0 fully saturated rings. The Morgan fingerprint density at radius 1 is 1.41 bits per heavy atom. The molecule has 2 rings (SSSR count). The molecule has 1 heterocycles. The van der Waals surface area contributed by atoms with E-state index in [1.165, 1.54) is 13.1 Å². The normalized spacial score (nSPS) is 10.1. The Bertz CT molecular complexity index is 690. The zero-order valence-electron chi connectivity index (χ0n) is 12.2. The van der Waals surface area contributed by atoms with Gasteiger partial charge < -0.3 is 10.2 Å². The number of hydrogen-bond donors (Lipinski definition) is 1.